The van der Waals surface area contributed by atoms with Gasteiger partial charge in [-0.05, 0) is 24.3 Å². The van der Waals surface area contributed by atoms with E-state index in [0.717, 1.165) is 6.07 Å². The van der Waals surface area contributed by atoms with Gasteiger partial charge in [0.1, 0.15) is 11.6 Å². The summed E-state index contributed by atoms with van der Waals surface area (Å²) in [5.74, 6) is -0.916. The van der Waals surface area contributed by atoms with Crippen LogP contribution in [0.15, 0.2) is 42.5 Å². The summed E-state index contributed by atoms with van der Waals surface area (Å²) in [6, 6.07) is 9.51. The lowest BCUT2D eigenvalue weighted by atomic mass is 10.3. The second-order valence-electron chi connectivity index (χ2n) is 3.11. The van der Waals surface area contributed by atoms with E-state index in [4.69, 9.17) is 16.3 Å². The van der Waals surface area contributed by atoms with Crippen molar-refractivity contribution in [2.45, 2.75) is 0 Å². The Hall–Kier alpha value is -1.61. The van der Waals surface area contributed by atoms with Gasteiger partial charge in [-0.25, -0.2) is 8.78 Å². The molecule has 1 nitrogen and oxygen atoms in total. The highest BCUT2D eigenvalue weighted by Crippen LogP contribution is 2.30. The van der Waals surface area contributed by atoms with Crippen LogP contribution in [0.25, 0.3) is 0 Å². The summed E-state index contributed by atoms with van der Waals surface area (Å²) in [6.07, 6.45) is 0. The van der Waals surface area contributed by atoms with E-state index in [2.05, 4.69) is 0 Å². The van der Waals surface area contributed by atoms with Crippen molar-refractivity contribution in [2.24, 2.45) is 0 Å². The van der Waals surface area contributed by atoms with Gasteiger partial charge in [0.25, 0.3) is 0 Å². The fourth-order valence-corrected chi connectivity index (χ4v) is 1.36. The Kier molecular flexibility index (Phi) is 3.06. The van der Waals surface area contributed by atoms with Crippen LogP contribution in [0.5, 0.6) is 11.5 Å². The molecule has 2 rings (SSSR count). The number of hydrogen-bond donors (Lipinski definition) is 0. The zero-order chi connectivity index (χ0) is 11.5. The number of ether oxygens (including phenoxy) is 1. The van der Waals surface area contributed by atoms with Gasteiger partial charge < -0.3 is 4.74 Å². The molecule has 2 aromatic carbocycles. The summed E-state index contributed by atoms with van der Waals surface area (Å²) in [7, 11) is 0. The van der Waals surface area contributed by atoms with E-state index < -0.39 is 11.6 Å². The molecule has 0 N–H and O–H groups in total. The molecule has 82 valence electrons. The van der Waals surface area contributed by atoms with E-state index in [1.54, 1.807) is 6.07 Å². The van der Waals surface area contributed by atoms with Crippen LogP contribution < -0.4 is 4.74 Å². The van der Waals surface area contributed by atoms with Gasteiger partial charge in [0.15, 0.2) is 11.6 Å². The van der Waals surface area contributed by atoms with Crippen LogP contribution in [0.4, 0.5) is 8.78 Å². The predicted molar refractivity (Wildman–Crippen MR) is 57.9 cm³/mol. The molecule has 0 amide bonds. The Balaban J connectivity index is 2.34. The maximum Gasteiger partial charge on any atom is 0.165 e. The third-order valence-corrected chi connectivity index (χ3v) is 2.26. The quantitative estimate of drug-likeness (QED) is 0.756. The minimum atomic E-state index is -0.525. The molecule has 0 saturated carbocycles. The lowest BCUT2D eigenvalue weighted by molar-refractivity contribution is 0.439. The number of para-hydroxylation sites is 1. The number of rotatable bonds is 2. The van der Waals surface area contributed by atoms with Crippen molar-refractivity contribution in [3.8, 4) is 11.5 Å². The van der Waals surface area contributed by atoms with Gasteiger partial charge >= 0.3 is 0 Å². The normalized spacial score (nSPS) is 10.2. The molecule has 0 aliphatic heterocycles. The zero-order valence-corrected chi connectivity index (χ0v) is 8.84. The molecule has 0 aliphatic rings. The van der Waals surface area contributed by atoms with Gasteiger partial charge in [-0.3, -0.25) is 0 Å². The first-order valence-electron chi connectivity index (χ1n) is 4.54. The summed E-state index contributed by atoms with van der Waals surface area (Å²) in [5, 5.41) is 0.227. The highest BCUT2D eigenvalue weighted by atomic mass is 35.5. The number of halogens is 3. The smallest absolute Gasteiger partial charge is 0.165 e. The lowest BCUT2D eigenvalue weighted by Crippen LogP contribution is -1.89. The molecule has 0 aliphatic carbocycles. The Morgan fingerprint density at radius 3 is 2.44 bits per heavy atom. The average Bonchev–Trinajstić information content (AvgIpc) is 2.27. The van der Waals surface area contributed by atoms with Crippen LogP contribution in [-0.2, 0) is 0 Å². The van der Waals surface area contributed by atoms with E-state index in [1.807, 2.05) is 0 Å². The molecule has 0 radical (unpaired) electrons. The van der Waals surface area contributed by atoms with Gasteiger partial charge in [-0.15, -0.1) is 0 Å². The van der Waals surface area contributed by atoms with Crippen molar-refractivity contribution in [1.82, 2.24) is 0 Å². The maximum absolute atomic E-state index is 13.2. The van der Waals surface area contributed by atoms with Gasteiger partial charge in [-0.1, -0.05) is 23.7 Å². The summed E-state index contributed by atoms with van der Waals surface area (Å²) in [4.78, 5) is 0. The first kappa shape index (κ1) is 10.9. The van der Waals surface area contributed by atoms with Crippen molar-refractivity contribution >= 4 is 11.6 Å². The Bertz CT molecular complexity index is 514. The van der Waals surface area contributed by atoms with Gasteiger partial charge in [-0.2, -0.15) is 0 Å². The summed E-state index contributed by atoms with van der Waals surface area (Å²) in [6.45, 7) is 0. The molecule has 0 spiro atoms. The second-order valence-corrected chi connectivity index (χ2v) is 3.51. The van der Waals surface area contributed by atoms with Crippen LogP contribution in [0.2, 0.25) is 5.02 Å². The van der Waals surface area contributed by atoms with Crippen LogP contribution >= 0.6 is 11.6 Å². The number of benzene rings is 2. The molecule has 16 heavy (non-hydrogen) atoms. The highest BCUT2D eigenvalue weighted by Gasteiger charge is 2.07. The summed E-state index contributed by atoms with van der Waals surface area (Å²) in [5.41, 5.74) is 0. The van der Waals surface area contributed by atoms with Crippen molar-refractivity contribution in [3.05, 3.63) is 59.1 Å². The Morgan fingerprint density at radius 1 is 0.938 bits per heavy atom. The Morgan fingerprint density at radius 2 is 1.69 bits per heavy atom. The van der Waals surface area contributed by atoms with Crippen molar-refractivity contribution in [2.75, 3.05) is 0 Å². The van der Waals surface area contributed by atoms with Crippen molar-refractivity contribution in [1.29, 1.82) is 0 Å². The SMILES string of the molecule is Fc1ccc(Cl)c(Oc2ccccc2F)c1. The largest absolute Gasteiger partial charge is 0.453 e. The molecule has 0 aromatic heterocycles. The Labute approximate surface area is 96.2 Å². The van der Waals surface area contributed by atoms with Crippen LogP contribution in [0, 0.1) is 11.6 Å². The summed E-state index contributed by atoms with van der Waals surface area (Å²) >= 11 is 5.78. The molecule has 0 fully saturated rings. The van der Waals surface area contributed by atoms with E-state index in [0.29, 0.717) is 0 Å². The van der Waals surface area contributed by atoms with Crippen LogP contribution in [-0.4, -0.2) is 0 Å². The van der Waals surface area contributed by atoms with Crippen molar-refractivity contribution in [3.63, 3.8) is 0 Å². The van der Waals surface area contributed by atoms with Crippen molar-refractivity contribution < 1.29 is 13.5 Å². The van der Waals surface area contributed by atoms with E-state index in [9.17, 15) is 8.78 Å². The van der Waals surface area contributed by atoms with Gasteiger partial charge in [0.2, 0.25) is 0 Å². The van der Waals surface area contributed by atoms with Crippen LogP contribution in [0.1, 0.15) is 0 Å². The lowest BCUT2D eigenvalue weighted by Gasteiger charge is -2.07. The van der Waals surface area contributed by atoms with Gasteiger partial charge in [0, 0.05) is 6.07 Å². The molecule has 4 heteroatoms. The minimum absolute atomic E-state index is 0.00926. The third-order valence-electron chi connectivity index (χ3n) is 1.95. The maximum atomic E-state index is 13.2. The van der Waals surface area contributed by atoms with E-state index in [-0.39, 0.29) is 16.5 Å². The first-order valence-corrected chi connectivity index (χ1v) is 4.92. The first-order chi connectivity index (χ1) is 7.66. The van der Waals surface area contributed by atoms with Gasteiger partial charge in [0.05, 0.1) is 5.02 Å². The molecule has 0 heterocycles. The predicted octanol–water partition coefficient (Wildman–Crippen LogP) is 4.41. The third kappa shape index (κ3) is 2.31. The molecule has 0 bridgehead atoms. The molecule has 0 atom stereocenters. The molecule has 0 unspecified atom stereocenters. The topological polar surface area (TPSA) is 9.23 Å². The zero-order valence-electron chi connectivity index (χ0n) is 8.08. The molecule has 2 aromatic rings. The summed E-state index contributed by atoms with van der Waals surface area (Å²) < 4.78 is 31.3. The van der Waals surface area contributed by atoms with Crippen LogP contribution in [0.3, 0.4) is 0 Å². The van der Waals surface area contributed by atoms with E-state index in [1.165, 1.54) is 30.3 Å². The standard InChI is InChI=1S/C12H7ClF2O/c13-9-6-5-8(14)7-12(9)16-11-4-2-1-3-10(11)15/h1-7H. The fraction of sp³-hybridized carbons (Fsp3) is 0. The molecule has 0 saturated heterocycles. The monoisotopic (exact) mass is 240 g/mol. The number of hydrogen-bond acceptors (Lipinski definition) is 1. The minimum Gasteiger partial charge on any atom is -0.453 e. The second kappa shape index (κ2) is 4.49. The average molecular weight is 241 g/mol. The molecular weight excluding hydrogens is 234 g/mol. The fourth-order valence-electron chi connectivity index (χ4n) is 1.20. The molecular formula is C12H7ClF2O. The highest BCUT2D eigenvalue weighted by molar-refractivity contribution is 6.32. The van der Waals surface area contributed by atoms with E-state index >= 15 is 0 Å².